The lowest BCUT2D eigenvalue weighted by atomic mass is 10.1. The molecule has 0 amide bonds. The Kier molecular flexibility index (Phi) is 3.85. The Morgan fingerprint density at radius 1 is 1.41 bits per heavy atom. The van der Waals surface area contributed by atoms with Crippen molar-refractivity contribution in [1.29, 1.82) is 0 Å². The summed E-state index contributed by atoms with van der Waals surface area (Å²) in [7, 11) is 0. The van der Waals surface area contributed by atoms with E-state index >= 15 is 0 Å². The second-order valence-electron chi connectivity index (χ2n) is 4.96. The Labute approximate surface area is 104 Å². The third-order valence-corrected chi connectivity index (χ3v) is 2.98. The van der Waals surface area contributed by atoms with Crippen molar-refractivity contribution in [2.45, 2.75) is 32.7 Å². The summed E-state index contributed by atoms with van der Waals surface area (Å²) in [6.07, 6.45) is 2.62. The topological polar surface area (TPSA) is 21.3 Å². The van der Waals surface area contributed by atoms with Crippen molar-refractivity contribution in [2.75, 3.05) is 13.2 Å². The fourth-order valence-electron chi connectivity index (χ4n) is 1.77. The molecule has 92 valence electrons. The molecule has 2 heteroatoms. The average molecular weight is 231 g/mol. The van der Waals surface area contributed by atoms with Crippen molar-refractivity contribution in [2.24, 2.45) is 0 Å². The van der Waals surface area contributed by atoms with Crippen LogP contribution in [0.1, 0.15) is 24.0 Å². The zero-order valence-electron chi connectivity index (χ0n) is 10.8. The Balaban J connectivity index is 1.77. The molecule has 0 unspecified atom stereocenters. The molecule has 1 N–H and O–H groups in total. The fraction of sp³-hybridized carbons (Fsp3) is 0.467. The van der Waals surface area contributed by atoms with E-state index in [-0.39, 0.29) is 0 Å². The molecule has 1 aromatic rings. The maximum Gasteiger partial charge on any atom is 0.122 e. The van der Waals surface area contributed by atoms with Crippen molar-refractivity contribution in [3.63, 3.8) is 0 Å². The lowest BCUT2D eigenvalue weighted by molar-refractivity contribution is 0.346. The van der Waals surface area contributed by atoms with Gasteiger partial charge in [-0.05, 0) is 43.9 Å². The van der Waals surface area contributed by atoms with E-state index in [1.165, 1.54) is 24.0 Å². The number of nitrogens with one attached hydrogen (secondary N) is 1. The van der Waals surface area contributed by atoms with Gasteiger partial charge in [-0.15, -0.1) is 0 Å². The summed E-state index contributed by atoms with van der Waals surface area (Å²) in [4.78, 5) is 0. The molecular weight excluding hydrogens is 210 g/mol. The third kappa shape index (κ3) is 3.90. The van der Waals surface area contributed by atoms with Gasteiger partial charge in [0.1, 0.15) is 12.4 Å². The van der Waals surface area contributed by atoms with Crippen LogP contribution in [-0.4, -0.2) is 19.2 Å². The van der Waals surface area contributed by atoms with Crippen LogP contribution in [0.15, 0.2) is 30.4 Å². The van der Waals surface area contributed by atoms with Gasteiger partial charge in [0.2, 0.25) is 0 Å². The van der Waals surface area contributed by atoms with Crippen molar-refractivity contribution in [1.82, 2.24) is 5.32 Å². The van der Waals surface area contributed by atoms with E-state index in [0.29, 0.717) is 6.61 Å². The van der Waals surface area contributed by atoms with Crippen LogP contribution < -0.4 is 10.1 Å². The normalized spacial score (nSPS) is 14.7. The molecule has 0 spiro atoms. The minimum absolute atomic E-state index is 0.601. The van der Waals surface area contributed by atoms with Gasteiger partial charge in [-0.2, -0.15) is 0 Å². The zero-order chi connectivity index (χ0) is 12.3. The highest BCUT2D eigenvalue weighted by molar-refractivity contribution is 5.35. The van der Waals surface area contributed by atoms with Crippen molar-refractivity contribution >= 4 is 0 Å². The number of rotatable bonds is 6. The molecule has 1 saturated carbocycles. The molecule has 0 bridgehead atoms. The van der Waals surface area contributed by atoms with Gasteiger partial charge in [-0.25, -0.2) is 0 Å². The lowest BCUT2D eigenvalue weighted by Crippen LogP contribution is -2.21. The van der Waals surface area contributed by atoms with E-state index in [9.17, 15) is 0 Å². The van der Waals surface area contributed by atoms with Crippen LogP contribution >= 0.6 is 0 Å². The molecule has 0 aliphatic heterocycles. The first-order valence-corrected chi connectivity index (χ1v) is 6.25. The standard InChI is InChI=1S/C15H21NO/c1-11-4-7-15(13(3)8-11)17-10-12(2)9-16-14-5-6-14/h4,7-8,14,16H,2,5-6,9-10H2,1,3H3. The van der Waals surface area contributed by atoms with E-state index < -0.39 is 0 Å². The molecule has 1 aromatic carbocycles. The number of ether oxygens (including phenoxy) is 1. The summed E-state index contributed by atoms with van der Waals surface area (Å²) >= 11 is 0. The number of hydrogen-bond donors (Lipinski definition) is 1. The van der Waals surface area contributed by atoms with Crippen LogP contribution in [0.25, 0.3) is 0 Å². The second-order valence-corrected chi connectivity index (χ2v) is 4.96. The highest BCUT2D eigenvalue weighted by Crippen LogP contribution is 2.20. The molecule has 2 nitrogen and oxygen atoms in total. The number of hydrogen-bond acceptors (Lipinski definition) is 2. The molecule has 0 radical (unpaired) electrons. The Bertz CT molecular complexity index is 407. The van der Waals surface area contributed by atoms with E-state index in [2.05, 4.69) is 37.9 Å². The first-order chi connectivity index (χ1) is 8.15. The molecule has 0 saturated heterocycles. The summed E-state index contributed by atoms with van der Waals surface area (Å²) in [5.41, 5.74) is 3.56. The first-order valence-electron chi connectivity index (χ1n) is 6.25. The van der Waals surface area contributed by atoms with Gasteiger partial charge >= 0.3 is 0 Å². The zero-order valence-corrected chi connectivity index (χ0v) is 10.8. The van der Waals surface area contributed by atoms with Crippen molar-refractivity contribution < 1.29 is 4.74 Å². The molecule has 1 aliphatic carbocycles. The fourth-order valence-corrected chi connectivity index (χ4v) is 1.77. The summed E-state index contributed by atoms with van der Waals surface area (Å²) < 4.78 is 5.77. The predicted molar refractivity (Wildman–Crippen MR) is 71.6 cm³/mol. The Morgan fingerprint density at radius 2 is 2.18 bits per heavy atom. The Hall–Kier alpha value is -1.28. The minimum Gasteiger partial charge on any atom is -0.489 e. The summed E-state index contributed by atoms with van der Waals surface area (Å²) in [6.45, 7) is 9.67. The van der Waals surface area contributed by atoms with Crippen LogP contribution in [0, 0.1) is 13.8 Å². The van der Waals surface area contributed by atoms with Gasteiger partial charge in [-0.3, -0.25) is 0 Å². The molecular formula is C15H21NO. The highest BCUT2D eigenvalue weighted by Gasteiger charge is 2.20. The van der Waals surface area contributed by atoms with Crippen LogP contribution in [0.2, 0.25) is 0 Å². The molecule has 17 heavy (non-hydrogen) atoms. The first kappa shape index (κ1) is 12.2. The van der Waals surface area contributed by atoms with Gasteiger partial charge < -0.3 is 10.1 Å². The highest BCUT2D eigenvalue weighted by atomic mass is 16.5. The maximum absolute atomic E-state index is 5.77. The van der Waals surface area contributed by atoms with Crippen molar-refractivity contribution in [3.05, 3.63) is 41.5 Å². The van der Waals surface area contributed by atoms with Crippen LogP contribution in [0.5, 0.6) is 5.75 Å². The van der Waals surface area contributed by atoms with Gasteiger partial charge in [-0.1, -0.05) is 24.3 Å². The molecule has 1 aliphatic rings. The van der Waals surface area contributed by atoms with Crippen molar-refractivity contribution in [3.8, 4) is 5.75 Å². The lowest BCUT2D eigenvalue weighted by Gasteiger charge is -2.11. The summed E-state index contributed by atoms with van der Waals surface area (Å²) in [5.74, 6) is 0.961. The number of aryl methyl sites for hydroxylation is 2. The van der Waals surface area contributed by atoms with Gasteiger partial charge in [0.15, 0.2) is 0 Å². The van der Waals surface area contributed by atoms with Gasteiger partial charge in [0.05, 0.1) is 0 Å². The van der Waals surface area contributed by atoms with E-state index in [1.807, 2.05) is 6.07 Å². The predicted octanol–water partition coefficient (Wildman–Crippen LogP) is 2.99. The summed E-state index contributed by atoms with van der Waals surface area (Å²) in [5, 5.41) is 3.44. The van der Waals surface area contributed by atoms with Crippen LogP contribution in [-0.2, 0) is 0 Å². The van der Waals surface area contributed by atoms with E-state index in [0.717, 1.165) is 23.9 Å². The monoisotopic (exact) mass is 231 g/mol. The molecule has 2 rings (SSSR count). The number of benzene rings is 1. The summed E-state index contributed by atoms with van der Waals surface area (Å²) in [6, 6.07) is 6.98. The molecule has 1 fully saturated rings. The third-order valence-electron chi connectivity index (χ3n) is 2.98. The van der Waals surface area contributed by atoms with Crippen LogP contribution in [0.4, 0.5) is 0 Å². The minimum atomic E-state index is 0.601. The van der Waals surface area contributed by atoms with Gasteiger partial charge in [0, 0.05) is 12.6 Å². The molecule has 0 aromatic heterocycles. The smallest absolute Gasteiger partial charge is 0.122 e. The average Bonchev–Trinajstić information content (AvgIpc) is 3.09. The quantitative estimate of drug-likeness (QED) is 0.760. The second kappa shape index (κ2) is 5.37. The molecule has 0 heterocycles. The largest absolute Gasteiger partial charge is 0.489 e. The Morgan fingerprint density at radius 3 is 2.82 bits per heavy atom. The SMILES string of the molecule is C=C(CNC1CC1)COc1ccc(C)cc1C. The van der Waals surface area contributed by atoms with E-state index in [1.54, 1.807) is 0 Å². The van der Waals surface area contributed by atoms with Crippen LogP contribution in [0.3, 0.4) is 0 Å². The van der Waals surface area contributed by atoms with E-state index in [4.69, 9.17) is 4.74 Å². The molecule has 0 atom stereocenters. The van der Waals surface area contributed by atoms with Gasteiger partial charge in [0.25, 0.3) is 0 Å². The maximum atomic E-state index is 5.77.